The van der Waals surface area contributed by atoms with Crippen molar-refractivity contribution in [2.75, 3.05) is 13.2 Å². The van der Waals surface area contributed by atoms with Gasteiger partial charge in [0.05, 0.1) is 18.9 Å². The van der Waals surface area contributed by atoms with Crippen molar-refractivity contribution < 1.29 is 9.47 Å². The molecule has 206 valence electrons. The summed E-state index contributed by atoms with van der Waals surface area (Å²) < 4.78 is 12.1. The van der Waals surface area contributed by atoms with Crippen LogP contribution in [0.25, 0.3) is 11.3 Å². The van der Waals surface area contributed by atoms with Crippen LogP contribution in [-0.2, 0) is 15.9 Å². The van der Waals surface area contributed by atoms with Crippen molar-refractivity contribution in [3.05, 3.63) is 53.7 Å². The molecule has 0 N–H and O–H groups in total. The number of unbranched alkanes of at least 4 members (excludes halogenated alkanes) is 13. The Bertz CT molecular complexity index is 809. The molecule has 0 spiro atoms. The predicted octanol–water partition coefficient (Wildman–Crippen LogP) is 10.2. The standard InChI is InChI=1S/C34H53NO2/c1-3-5-7-9-11-13-15-17-19-30-27-36-34(37-28-30)32-24-25-33(35-26-32)31-22-20-29(21-23-31)18-16-14-12-10-8-6-4-2/h20-26,30,34H,3-19,27-28H2,1-2H3/t30-,34-. The molecule has 0 atom stereocenters. The summed E-state index contributed by atoms with van der Waals surface area (Å²) in [6, 6.07) is 13.2. The molecule has 1 fully saturated rings. The molecule has 0 bridgehead atoms. The van der Waals surface area contributed by atoms with E-state index in [0.29, 0.717) is 5.92 Å². The number of ether oxygens (including phenoxy) is 2. The lowest BCUT2D eigenvalue weighted by Gasteiger charge is -2.29. The van der Waals surface area contributed by atoms with Gasteiger partial charge in [0, 0.05) is 23.2 Å². The minimum atomic E-state index is -0.277. The summed E-state index contributed by atoms with van der Waals surface area (Å²) in [5.74, 6) is 0.531. The van der Waals surface area contributed by atoms with Gasteiger partial charge in [-0.3, -0.25) is 4.98 Å². The second-order valence-corrected chi connectivity index (χ2v) is 11.2. The average Bonchev–Trinajstić information content (AvgIpc) is 2.95. The zero-order chi connectivity index (χ0) is 26.0. The van der Waals surface area contributed by atoms with Gasteiger partial charge in [0.25, 0.3) is 0 Å². The van der Waals surface area contributed by atoms with Crippen LogP contribution in [0.5, 0.6) is 0 Å². The second-order valence-electron chi connectivity index (χ2n) is 11.2. The lowest BCUT2D eigenvalue weighted by atomic mass is 10.0. The van der Waals surface area contributed by atoms with Crippen molar-refractivity contribution in [2.24, 2.45) is 5.92 Å². The number of hydrogen-bond donors (Lipinski definition) is 0. The molecule has 0 saturated carbocycles. The van der Waals surface area contributed by atoms with E-state index in [1.807, 2.05) is 6.20 Å². The monoisotopic (exact) mass is 507 g/mol. The molecular weight excluding hydrogens is 454 g/mol. The van der Waals surface area contributed by atoms with Crippen LogP contribution in [0.2, 0.25) is 0 Å². The van der Waals surface area contributed by atoms with Gasteiger partial charge in [0.1, 0.15) is 0 Å². The summed E-state index contributed by atoms with van der Waals surface area (Å²) in [7, 11) is 0. The summed E-state index contributed by atoms with van der Waals surface area (Å²) in [6.07, 6.45) is 24.5. The van der Waals surface area contributed by atoms with E-state index in [1.165, 1.54) is 120 Å². The molecule has 1 aliphatic rings. The third-order valence-electron chi connectivity index (χ3n) is 7.81. The van der Waals surface area contributed by atoms with Gasteiger partial charge >= 0.3 is 0 Å². The molecule has 0 aliphatic carbocycles. The maximum atomic E-state index is 6.07. The largest absolute Gasteiger partial charge is 0.348 e. The molecule has 2 heterocycles. The van der Waals surface area contributed by atoms with Crippen molar-refractivity contribution in [3.63, 3.8) is 0 Å². The van der Waals surface area contributed by atoms with Crippen molar-refractivity contribution >= 4 is 0 Å². The number of pyridine rings is 1. The fourth-order valence-corrected chi connectivity index (χ4v) is 5.31. The van der Waals surface area contributed by atoms with Crippen molar-refractivity contribution in [1.29, 1.82) is 0 Å². The Morgan fingerprint density at radius 2 is 1.22 bits per heavy atom. The predicted molar refractivity (Wildman–Crippen MR) is 157 cm³/mol. The second kappa shape index (κ2) is 18.5. The van der Waals surface area contributed by atoms with Crippen LogP contribution in [-0.4, -0.2) is 18.2 Å². The van der Waals surface area contributed by atoms with Crippen LogP contribution in [0.3, 0.4) is 0 Å². The number of rotatable bonds is 19. The molecule has 1 saturated heterocycles. The number of nitrogens with zero attached hydrogens (tertiary/aromatic N) is 1. The van der Waals surface area contributed by atoms with E-state index in [1.54, 1.807) is 0 Å². The normalized spacial score (nSPS) is 17.8. The number of hydrogen-bond acceptors (Lipinski definition) is 3. The summed E-state index contributed by atoms with van der Waals surface area (Å²) in [6.45, 7) is 6.15. The zero-order valence-corrected chi connectivity index (χ0v) is 23.9. The van der Waals surface area contributed by atoms with Crippen LogP contribution in [0.1, 0.15) is 134 Å². The van der Waals surface area contributed by atoms with Gasteiger partial charge < -0.3 is 9.47 Å². The van der Waals surface area contributed by atoms with Gasteiger partial charge in [-0.05, 0) is 30.9 Å². The van der Waals surface area contributed by atoms with Gasteiger partial charge in [-0.15, -0.1) is 0 Å². The van der Waals surface area contributed by atoms with Crippen LogP contribution >= 0.6 is 0 Å². The highest BCUT2D eigenvalue weighted by Gasteiger charge is 2.23. The zero-order valence-electron chi connectivity index (χ0n) is 23.9. The maximum Gasteiger partial charge on any atom is 0.185 e. The lowest BCUT2D eigenvalue weighted by Crippen LogP contribution is -2.27. The average molecular weight is 508 g/mol. The van der Waals surface area contributed by atoms with E-state index >= 15 is 0 Å². The Balaban J connectivity index is 1.31. The summed E-state index contributed by atoms with van der Waals surface area (Å²) in [4.78, 5) is 4.72. The van der Waals surface area contributed by atoms with E-state index in [4.69, 9.17) is 14.5 Å². The Morgan fingerprint density at radius 1 is 0.649 bits per heavy atom. The fraction of sp³-hybridized carbons (Fsp3) is 0.676. The first-order valence-electron chi connectivity index (χ1n) is 15.6. The first-order valence-corrected chi connectivity index (χ1v) is 15.6. The molecular formula is C34H53NO2. The molecule has 1 aromatic heterocycles. The minimum Gasteiger partial charge on any atom is -0.348 e. The molecule has 0 unspecified atom stereocenters. The van der Waals surface area contributed by atoms with Crippen LogP contribution in [0.15, 0.2) is 42.6 Å². The highest BCUT2D eigenvalue weighted by atomic mass is 16.7. The van der Waals surface area contributed by atoms with Crippen molar-refractivity contribution in [3.8, 4) is 11.3 Å². The van der Waals surface area contributed by atoms with Crippen LogP contribution < -0.4 is 0 Å². The van der Waals surface area contributed by atoms with Gasteiger partial charge in [0.15, 0.2) is 6.29 Å². The van der Waals surface area contributed by atoms with Gasteiger partial charge in [-0.2, -0.15) is 0 Å². The molecule has 2 aromatic rings. The van der Waals surface area contributed by atoms with Crippen molar-refractivity contribution in [2.45, 2.75) is 129 Å². The highest BCUT2D eigenvalue weighted by Crippen LogP contribution is 2.28. The van der Waals surface area contributed by atoms with Gasteiger partial charge in [-0.1, -0.05) is 134 Å². The van der Waals surface area contributed by atoms with E-state index in [0.717, 1.165) is 24.5 Å². The smallest absolute Gasteiger partial charge is 0.185 e. The Labute approximate surface area is 227 Å². The molecule has 0 radical (unpaired) electrons. The van der Waals surface area contributed by atoms with Crippen molar-refractivity contribution in [1.82, 2.24) is 4.98 Å². The number of benzene rings is 1. The van der Waals surface area contributed by atoms with E-state index in [2.05, 4.69) is 50.2 Å². The van der Waals surface area contributed by atoms with Crippen LogP contribution in [0.4, 0.5) is 0 Å². The van der Waals surface area contributed by atoms with Gasteiger partial charge in [0.2, 0.25) is 0 Å². The molecule has 1 aliphatic heterocycles. The third-order valence-corrected chi connectivity index (χ3v) is 7.81. The topological polar surface area (TPSA) is 31.4 Å². The fourth-order valence-electron chi connectivity index (χ4n) is 5.31. The molecule has 3 nitrogen and oxygen atoms in total. The minimum absolute atomic E-state index is 0.277. The lowest BCUT2D eigenvalue weighted by molar-refractivity contribution is -0.206. The first-order chi connectivity index (χ1) is 18.3. The Hall–Kier alpha value is -1.71. The Kier molecular flexibility index (Phi) is 14.9. The first kappa shape index (κ1) is 29.8. The quantitative estimate of drug-likeness (QED) is 0.177. The summed E-state index contributed by atoms with van der Waals surface area (Å²) in [5, 5.41) is 0. The summed E-state index contributed by atoms with van der Waals surface area (Å²) in [5.41, 5.74) is 4.63. The van der Waals surface area contributed by atoms with Gasteiger partial charge in [-0.25, -0.2) is 0 Å². The van der Waals surface area contributed by atoms with E-state index in [9.17, 15) is 0 Å². The highest BCUT2D eigenvalue weighted by molar-refractivity contribution is 5.59. The maximum absolute atomic E-state index is 6.07. The van der Waals surface area contributed by atoms with E-state index < -0.39 is 0 Å². The van der Waals surface area contributed by atoms with Crippen LogP contribution in [0, 0.1) is 5.92 Å². The third kappa shape index (κ3) is 11.7. The Morgan fingerprint density at radius 3 is 1.78 bits per heavy atom. The van der Waals surface area contributed by atoms with E-state index in [-0.39, 0.29) is 6.29 Å². The number of aryl methyl sites for hydroxylation is 1. The molecule has 3 rings (SSSR count). The molecule has 37 heavy (non-hydrogen) atoms. The molecule has 0 amide bonds. The SMILES string of the molecule is CCCCCCCCCC[C@H]1CO[C@H](c2ccc(-c3ccc(CCCCCCCCC)cc3)nc2)OC1. The molecule has 3 heteroatoms. The molecule has 1 aromatic carbocycles. The number of aromatic nitrogens is 1. The summed E-state index contributed by atoms with van der Waals surface area (Å²) >= 11 is 0.